The average Bonchev–Trinajstić information content (AvgIpc) is 2.01. The summed E-state index contributed by atoms with van der Waals surface area (Å²) >= 11 is 0. The summed E-state index contributed by atoms with van der Waals surface area (Å²) in [6.45, 7) is 3.50. The molecular weight excluding hydrogens is 184 g/mol. The van der Waals surface area contributed by atoms with Crippen LogP contribution in [0.2, 0.25) is 0 Å². The van der Waals surface area contributed by atoms with E-state index in [4.69, 9.17) is 9.47 Å². The molecule has 2 unspecified atom stereocenters. The van der Waals surface area contributed by atoms with Crippen molar-refractivity contribution < 1.29 is 19.1 Å². The Balaban J connectivity index is 2.19. The van der Waals surface area contributed by atoms with E-state index in [9.17, 15) is 9.59 Å². The first kappa shape index (κ1) is 10.8. The van der Waals surface area contributed by atoms with Crippen LogP contribution in [0, 0.1) is 11.8 Å². The van der Waals surface area contributed by atoms with Crippen LogP contribution in [0.1, 0.15) is 13.8 Å². The van der Waals surface area contributed by atoms with Gasteiger partial charge in [-0.2, -0.15) is 0 Å². The summed E-state index contributed by atoms with van der Waals surface area (Å²) in [6.07, 6.45) is 3.91. The minimum Gasteiger partial charge on any atom is -0.465 e. The molecule has 0 heterocycles. The lowest BCUT2D eigenvalue weighted by Gasteiger charge is -2.28. The van der Waals surface area contributed by atoms with Gasteiger partial charge in [0.2, 0.25) is 0 Å². The van der Waals surface area contributed by atoms with Crippen LogP contribution in [0.15, 0.2) is 12.2 Å². The van der Waals surface area contributed by atoms with E-state index < -0.39 is 0 Å². The molecule has 1 rings (SSSR count). The third-order valence-corrected chi connectivity index (χ3v) is 2.11. The molecule has 4 heteroatoms. The summed E-state index contributed by atoms with van der Waals surface area (Å²) < 4.78 is 9.70. The molecule has 0 aromatic carbocycles. The number of carbonyl (C=O) groups excluding carboxylic acids is 2. The molecule has 78 valence electrons. The normalized spacial score (nSPS) is 23.9. The second kappa shape index (κ2) is 4.79. The van der Waals surface area contributed by atoms with Crippen LogP contribution in [0.5, 0.6) is 0 Å². The van der Waals surface area contributed by atoms with Crippen molar-refractivity contribution in [2.75, 3.05) is 13.2 Å². The number of hydrogen-bond donors (Lipinski definition) is 0. The van der Waals surface area contributed by atoms with E-state index in [1.807, 2.05) is 12.2 Å². The summed E-state index contributed by atoms with van der Waals surface area (Å²) in [7, 11) is 0. The molecule has 0 N–H and O–H groups in total. The molecule has 0 amide bonds. The first-order chi connectivity index (χ1) is 6.59. The van der Waals surface area contributed by atoms with Gasteiger partial charge in [-0.25, -0.2) is 0 Å². The summed E-state index contributed by atoms with van der Waals surface area (Å²) in [5.74, 6) is -0.176. The molecule has 14 heavy (non-hydrogen) atoms. The monoisotopic (exact) mass is 198 g/mol. The molecule has 0 radical (unpaired) electrons. The highest BCUT2D eigenvalue weighted by Crippen LogP contribution is 2.25. The van der Waals surface area contributed by atoms with Crippen molar-refractivity contribution in [3.05, 3.63) is 12.2 Å². The van der Waals surface area contributed by atoms with E-state index in [2.05, 4.69) is 0 Å². The Bertz CT molecular complexity index is 231. The number of hydrogen-bond acceptors (Lipinski definition) is 4. The van der Waals surface area contributed by atoms with Crippen molar-refractivity contribution >= 4 is 11.9 Å². The first-order valence-corrected chi connectivity index (χ1v) is 4.54. The van der Waals surface area contributed by atoms with Crippen LogP contribution in [0.25, 0.3) is 0 Å². The number of esters is 2. The van der Waals surface area contributed by atoms with Gasteiger partial charge < -0.3 is 9.47 Å². The molecule has 0 bridgehead atoms. The molecule has 4 nitrogen and oxygen atoms in total. The van der Waals surface area contributed by atoms with Gasteiger partial charge in [0, 0.05) is 25.7 Å². The fourth-order valence-electron chi connectivity index (χ4n) is 1.21. The fourth-order valence-corrected chi connectivity index (χ4v) is 1.21. The summed E-state index contributed by atoms with van der Waals surface area (Å²) in [5, 5.41) is 0. The molecule has 0 aromatic rings. The number of ether oxygens (including phenoxy) is 2. The number of rotatable bonds is 4. The lowest BCUT2D eigenvalue weighted by atomic mass is 9.83. The van der Waals surface area contributed by atoms with Crippen LogP contribution >= 0.6 is 0 Å². The molecule has 0 saturated heterocycles. The third-order valence-electron chi connectivity index (χ3n) is 2.11. The van der Waals surface area contributed by atoms with E-state index >= 15 is 0 Å². The molecule has 1 aliphatic carbocycles. The molecule has 0 spiro atoms. The fraction of sp³-hybridized carbons (Fsp3) is 0.600. The van der Waals surface area contributed by atoms with E-state index in [0.29, 0.717) is 13.2 Å². The van der Waals surface area contributed by atoms with Crippen LogP contribution in [0.3, 0.4) is 0 Å². The molecule has 0 saturated carbocycles. The van der Waals surface area contributed by atoms with E-state index in [1.165, 1.54) is 13.8 Å². The van der Waals surface area contributed by atoms with E-state index in [1.54, 1.807) is 0 Å². The van der Waals surface area contributed by atoms with Crippen molar-refractivity contribution in [3.8, 4) is 0 Å². The van der Waals surface area contributed by atoms with Crippen molar-refractivity contribution in [1.82, 2.24) is 0 Å². The van der Waals surface area contributed by atoms with E-state index in [-0.39, 0.29) is 23.8 Å². The van der Waals surface area contributed by atoms with Gasteiger partial charge in [-0.05, 0) is 0 Å². The van der Waals surface area contributed by atoms with Crippen molar-refractivity contribution in [2.24, 2.45) is 11.8 Å². The first-order valence-electron chi connectivity index (χ1n) is 4.54. The van der Waals surface area contributed by atoms with Gasteiger partial charge in [0.05, 0.1) is 13.2 Å². The minimum absolute atomic E-state index is 0.193. The largest absolute Gasteiger partial charge is 0.465 e. The SMILES string of the molecule is CC(=O)OCC1C=CC1COC(C)=O. The lowest BCUT2D eigenvalue weighted by molar-refractivity contribution is -0.146. The summed E-state index contributed by atoms with van der Waals surface area (Å²) in [4.78, 5) is 21.1. The Kier molecular flexibility index (Phi) is 3.68. The van der Waals surface area contributed by atoms with Crippen LogP contribution < -0.4 is 0 Å². The third kappa shape index (κ3) is 3.20. The molecule has 0 aromatic heterocycles. The zero-order chi connectivity index (χ0) is 10.6. The predicted molar refractivity (Wildman–Crippen MR) is 49.4 cm³/mol. The highest BCUT2D eigenvalue weighted by atomic mass is 16.5. The lowest BCUT2D eigenvalue weighted by Crippen LogP contribution is -2.29. The van der Waals surface area contributed by atoms with Gasteiger partial charge in [0.1, 0.15) is 0 Å². The van der Waals surface area contributed by atoms with Gasteiger partial charge in [-0.1, -0.05) is 12.2 Å². The minimum atomic E-state index is -0.281. The zero-order valence-corrected chi connectivity index (χ0v) is 8.36. The molecule has 2 atom stereocenters. The van der Waals surface area contributed by atoms with Crippen LogP contribution in [0.4, 0.5) is 0 Å². The van der Waals surface area contributed by atoms with Gasteiger partial charge in [-0.15, -0.1) is 0 Å². The van der Waals surface area contributed by atoms with Gasteiger partial charge in [-0.3, -0.25) is 9.59 Å². The Hall–Kier alpha value is -1.32. The van der Waals surface area contributed by atoms with Gasteiger partial charge in [0.15, 0.2) is 0 Å². The molecular formula is C10H14O4. The molecule has 0 aliphatic heterocycles. The maximum absolute atomic E-state index is 10.5. The Morgan fingerprint density at radius 1 is 1.00 bits per heavy atom. The Morgan fingerprint density at radius 2 is 1.36 bits per heavy atom. The number of carbonyl (C=O) groups is 2. The van der Waals surface area contributed by atoms with Crippen molar-refractivity contribution in [3.63, 3.8) is 0 Å². The second-order valence-electron chi connectivity index (χ2n) is 3.32. The second-order valence-corrected chi connectivity index (χ2v) is 3.32. The van der Waals surface area contributed by atoms with Gasteiger partial charge >= 0.3 is 11.9 Å². The van der Waals surface area contributed by atoms with Crippen molar-refractivity contribution in [1.29, 1.82) is 0 Å². The molecule has 0 fully saturated rings. The average molecular weight is 198 g/mol. The van der Waals surface area contributed by atoms with Gasteiger partial charge in [0.25, 0.3) is 0 Å². The Morgan fingerprint density at radius 3 is 1.57 bits per heavy atom. The Labute approximate surface area is 82.9 Å². The van der Waals surface area contributed by atoms with Crippen molar-refractivity contribution in [2.45, 2.75) is 13.8 Å². The highest BCUT2D eigenvalue weighted by Gasteiger charge is 2.25. The topological polar surface area (TPSA) is 52.6 Å². The van der Waals surface area contributed by atoms with Crippen LogP contribution in [-0.4, -0.2) is 25.2 Å². The maximum Gasteiger partial charge on any atom is 0.302 e. The zero-order valence-electron chi connectivity index (χ0n) is 8.36. The summed E-state index contributed by atoms with van der Waals surface area (Å²) in [5.41, 5.74) is 0. The van der Waals surface area contributed by atoms with Crippen LogP contribution in [-0.2, 0) is 19.1 Å². The smallest absolute Gasteiger partial charge is 0.302 e. The quantitative estimate of drug-likeness (QED) is 0.497. The van der Waals surface area contributed by atoms with E-state index in [0.717, 1.165) is 0 Å². The summed E-state index contributed by atoms with van der Waals surface area (Å²) in [6, 6.07) is 0. The highest BCUT2D eigenvalue weighted by molar-refractivity contribution is 5.66. The standard InChI is InChI=1S/C10H14O4/c1-7(11)13-5-9-3-4-10(9)6-14-8(2)12/h3-4,9-10H,5-6H2,1-2H3. The maximum atomic E-state index is 10.5. The predicted octanol–water partition coefficient (Wildman–Crippen LogP) is 0.915. The molecule has 1 aliphatic rings.